The van der Waals surface area contributed by atoms with Gasteiger partial charge in [0.05, 0.1) is 17.5 Å². The molecule has 1 aromatic carbocycles. The number of rotatable bonds is 3. The van der Waals surface area contributed by atoms with Gasteiger partial charge in [-0.1, -0.05) is 12.1 Å². The number of nitrogens with zero attached hydrogens (tertiary/aromatic N) is 1. The van der Waals surface area contributed by atoms with Crippen LogP contribution in [0, 0.1) is 0 Å². The maximum atomic E-state index is 12.9. The largest absolute Gasteiger partial charge is 0.481 e. The predicted molar refractivity (Wildman–Crippen MR) is 63.9 cm³/mol. The van der Waals surface area contributed by atoms with Crippen LogP contribution in [0.15, 0.2) is 24.3 Å². The summed E-state index contributed by atoms with van der Waals surface area (Å²) in [5, 5.41) is 9.11. The number of hydrogen-bond acceptors (Lipinski definition) is 1. The van der Waals surface area contributed by atoms with E-state index in [1.165, 1.54) is 17.7 Å². The summed E-state index contributed by atoms with van der Waals surface area (Å²) in [4.78, 5) is 10.5. The van der Waals surface area contributed by atoms with Crippen LogP contribution < -0.4 is 0 Å². The number of fused-ring (bicyclic) bond motifs is 1. The standard InChI is InChI=1S/C13H12F3NO2/c1-17-9(5-6-11(18)19)7-8-3-2-4-10(12(8)17)13(14,15)16/h2-4,7H,5-6H2,1H3,(H,18,19). The van der Waals surface area contributed by atoms with Crippen LogP contribution in [0.25, 0.3) is 10.9 Å². The van der Waals surface area contributed by atoms with Gasteiger partial charge in [0.1, 0.15) is 0 Å². The summed E-state index contributed by atoms with van der Waals surface area (Å²) in [5.41, 5.74) is -0.0291. The fraction of sp³-hybridized carbons (Fsp3) is 0.308. The van der Waals surface area contributed by atoms with Crippen molar-refractivity contribution in [1.82, 2.24) is 4.57 Å². The Morgan fingerprint density at radius 3 is 2.63 bits per heavy atom. The van der Waals surface area contributed by atoms with Gasteiger partial charge in [-0.05, 0) is 18.6 Å². The molecule has 0 bridgehead atoms. The topological polar surface area (TPSA) is 42.2 Å². The van der Waals surface area contributed by atoms with Crippen molar-refractivity contribution in [3.8, 4) is 0 Å². The molecule has 0 aliphatic carbocycles. The van der Waals surface area contributed by atoms with Gasteiger partial charge < -0.3 is 9.67 Å². The Kier molecular flexibility index (Phi) is 3.26. The lowest BCUT2D eigenvalue weighted by molar-refractivity contribution is -0.137. The van der Waals surface area contributed by atoms with Crippen LogP contribution in [0.1, 0.15) is 17.7 Å². The fourth-order valence-corrected chi connectivity index (χ4v) is 2.18. The van der Waals surface area contributed by atoms with Gasteiger partial charge in [0.25, 0.3) is 0 Å². The molecule has 0 amide bonds. The summed E-state index contributed by atoms with van der Waals surface area (Å²) in [6.07, 6.45) is -4.32. The third kappa shape index (κ3) is 2.57. The molecule has 1 heterocycles. The van der Waals surface area contributed by atoms with Crippen LogP contribution in [0.3, 0.4) is 0 Å². The van der Waals surface area contributed by atoms with E-state index in [1.54, 1.807) is 12.1 Å². The lowest BCUT2D eigenvalue weighted by atomic mass is 10.1. The van der Waals surface area contributed by atoms with E-state index >= 15 is 0 Å². The van der Waals surface area contributed by atoms with E-state index < -0.39 is 17.7 Å². The summed E-state index contributed by atoms with van der Waals surface area (Å²) >= 11 is 0. The first-order valence-corrected chi connectivity index (χ1v) is 5.67. The van der Waals surface area contributed by atoms with E-state index in [-0.39, 0.29) is 18.4 Å². The smallest absolute Gasteiger partial charge is 0.418 e. The van der Waals surface area contributed by atoms with Crippen LogP contribution in [0.4, 0.5) is 13.2 Å². The first kappa shape index (κ1) is 13.5. The number of hydrogen-bond donors (Lipinski definition) is 1. The molecule has 1 aromatic heterocycles. The SMILES string of the molecule is Cn1c(CCC(=O)O)cc2cccc(C(F)(F)F)c21. The van der Waals surface area contributed by atoms with E-state index in [1.807, 2.05) is 0 Å². The van der Waals surface area contributed by atoms with E-state index in [0.717, 1.165) is 6.07 Å². The molecule has 0 aliphatic heterocycles. The first-order chi connectivity index (χ1) is 8.80. The number of carboxylic acid groups (broad SMARTS) is 1. The van der Waals surface area contributed by atoms with Gasteiger partial charge in [0, 0.05) is 18.1 Å². The van der Waals surface area contributed by atoms with Gasteiger partial charge in [-0.25, -0.2) is 0 Å². The van der Waals surface area contributed by atoms with Crippen molar-refractivity contribution in [1.29, 1.82) is 0 Å². The number of aromatic nitrogens is 1. The number of alkyl halides is 3. The predicted octanol–water partition coefficient (Wildman–Crippen LogP) is 3.21. The third-order valence-corrected chi connectivity index (χ3v) is 3.06. The molecular weight excluding hydrogens is 259 g/mol. The monoisotopic (exact) mass is 271 g/mol. The Labute approximate surface area is 107 Å². The molecule has 3 nitrogen and oxygen atoms in total. The molecule has 0 radical (unpaired) electrons. The second kappa shape index (κ2) is 4.60. The second-order valence-electron chi connectivity index (χ2n) is 4.33. The minimum atomic E-state index is -4.42. The summed E-state index contributed by atoms with van der Waals surface area (Å²) in [7, 11) is 1.52. The van der Waals surface area contributed by atoms with Gasteiger partial charge in [0.2, 0.25) is 0 Å². The number of aryl methyl sites for hydroxylation is 2. The molecule has 0 saturated carbocycles. The quantitative estimate of drug-likeness (QED) is 0.931. The number of carboxylic acids is 1. The van der Waals surface area contributed by atoms with Crippen molar-refractivity contribution in [3.63, 3.8) is 0 Å². The van der Waals surface area contributed by atoms with Crippen LogP contribution in [-0.4, -0.2) is 15.6 Å². The molecule has 0 saturated heterocycles. The third-order valence-electron chi connectivity index (χ3n) is 3.06. The van der Waals surface area contributed by atoms with E-state index in [0.29, 0.717) is 11.1 Å². The fourth-order valence-electron chi connectivity index (χ4n) is 2.18. The van der Waals surface area contributed by atoms with Crippen molar-refractivity contribution in [3.05, 3.63) is 35.5 Å². The molecule has 0 fully saturated rings. The van der Waals surface area contributed by atoms with E-state index in [2.05, 4.69) is 0 Å². The molecular formula is C13H12F3NO2. The van der Waals surface area contributed by atoms with Crippen molar-refractivity contribution in [2.45, 2.75) is 19.0 Å². The molecule has 0 spiro atoms. The molecule has 0 atom stereocenters. The molecule has 19 heavy (non-hydrogen) atoms. The van der Waals surface area contributed by atoms with Crippen LogP contribution in [0.2, 0.25) is 0 Å². The van der Waals surface area contributed by atoms with Crippen LogP contribution in [0.5, 0.6) is 0 Å². The van der Waals surface area contributed by atoms with Crippen molar-refractivity contribution < 1.29 is 23.1 Å². The highest BCUT2D eigenvalue weighted by Crippen LogP contribution is 2.35. The molecule has 1 N–H and O–H groups in total. The lowest BCUT2D eigenvalue weighted by Crippen LogP contribution is -2.08. The normalized spacial score (nSPS) is 12.0. The van der Waals surface area contributed by atoms with Gasteiger partial charge in [0.15, 0.2) is 0 Å². The molecule has 2 aromatic rings. The molecule has 102 valence electrons. The average molecular weight is 271 g/mol. The summed E-state index contributed by atoms with van der Waals surface area (Å²) < 4.78 is 40.2. The Bertz CT molecular complexity index is 629. The van der Waals surface area contributed by atoms with Crippen molar-refractivity contribution in [2.75, 3.05) is 0 Å². The van der Waals surface area contributed by atoms with E-state index in [9.17, 15) is 18.0 Å². The highest BCUT2D eigenvalue weighted by molar-refractivity contribution is 5.85. The molecule has 0 unspecified atom stereocenters. The van der Waals surface area contributed by atoms with Crippen LogP contribution >= 0.6 is 0 Å². The van der Waals surface area contributed by atoms with Gasteiger partial charge in [-0.3, -0.25) is 4.79 Å². The number of carbonyl (C=O) groups is 1. The van der Waals surface area contributed by atoms with Crippen LogP contribution in [-0.2, 0) is 24.4 Å². The zero-order valence-corrected chi connectivity index (χ0v) is 10.2. The number of aliphatic carboxylic acids is 1. The Hall–Kier alpha value is -1.98. The van der Waals surface area contributed by atoms with E-state index in [4.69, 9.17) is 5.11 Å². The van der Waals surface area contributed by atoms with Gasteiger partial charge >= 0.3 is 12.1 Å². The second-order valence-corrected chi connectivity index (χ2v) is 4.33. The number of para-hydroxylation sites is 1. The first-order valence-electron chi connectivity index (χ1n) is 5.67. The average Bonchev–Trinajstić information content (AvgIpc) is 2.62. The van der Waals surface area contributed by atoms with Gasteiger partial charge in [-0.2, -0.15) is 13.2 Å². The Morgan fingerprint density at radius 1 is 1.37 bits per heavy atom. The highest BCUT2D eigenvalue weighted by atomic mass is 19.4. The molecule has 6 heteroatoms. The minimum absolute atomic E-state index is 0.0930. The minimum Gasteiger partial charge on any atom is -0.481 e. The summed E-state index contributed by atoms with van der Waals surface area (Å²) in [6.45, 7) is 0. The van der Waals surface area contributed by atoms with Gasteiger partial charge in [-0.15, -0.1) is 0 Å². The maximum absolute atomic E-state index is 12.9. The van der Waals surface area contributed by atoms with Crippen molar-refractivity contribution >= 4 is 16.9 Å². The summed E-state index contributed by atoms with van der Waals surface area (Å²) in [6, 6.07) is 5.58. The van der Waals surface area contributed by atoms with Crippen molar-refractivity contribution in [2.24, 2.45) is 7.05 Å². The Morgan fingerprint density at radius 2 is 2.05 bits per heavy atom. The zero-order chi connectivity index (χ0) is 14.2. The number of benzene rings is 1. The summed E-state index contributed by atoms with van der Waals surface area (Å²) in [5.74, 6) is -0.971. The number of halogens is 3. The molecule has 2 rings (SSSR count). The Balaban J connectivity index is 2.55. The zero-order valence-electron chi connectivity index (χ0n) is 10.2. The lowest BCUT2D eigenvalue weighted by Gasteiger charge is -2.10. The maximum Gasteiger partial charge on any atom is 0.418 e. The highest BCUT2D eigenvalue weighted by Gasteiger charge is 2.33. The molecule has 0 aliphatic rings.